The third kappa shape index (κ3) is 3.44. The highest BCUT2D eigenvalue weighted by atomic mass is 32.2. The van der Waals surface area contributed by atoms with E-state index in [1.165, 1.54) is 10.5 Å². The molecule has 2 rings (SSSR count). The third-order valence-corrected chi connectivity index (χ3v) is 4.18. The van der Waals surface area contributed by atoms with Gasteiger partial charge in [0.15, 0.2) is 0 Å². The Morgan fingerprint density at radius 3 is 2.11 bits per heavy atom. The predicted molar refractivity (Wildman–Crippen MR) is 84.5 cm³/mol. The number of hydrogen-bond acceptors (Lipinski definition) is 2. The Kier molecular flexibility index (Phi) is 4.56. The maximum absolute atomic E-state index is 5.45. The average molecular weight is 272 g/mol. The highest BCUT2D eigenvalue weighted by Crippen LogP contribution is 2.25. The Labute approximate surface area is 118 Å². The van der Waals surface area contributed by atoms with Gasteiger partial charge in [0.1, 0.15) is 0 Å². The van der Waals surface area contributed by atoms with Crippen molar-refractivity contribution >= 4 is 28.2 Å². The van der Waals surface area contributed by atoms with Crippen LogP contribution in [0.1, 0.15) is 30.9 Å². The highest BCUT2D eigenvalue weighted by Gasteiger charge is 2.04. The van der Waals surface area contributed by atoms with Crippen LogP contribution in [-0.2, 0) is 0 Å². The smallest absolute Gasteiger partial charge is 0.0777 e. The van der Waals surface area contributed by atoms with E-state index in [0.29, 0.717) is 5.92 Å². The van der Waals surface area contributed by atoms with Gasteiger partial charge in [-0.2, -0.15) is 0 Å². The van der Waals surface area contributed by atoms with Crippen molar-refractivity contribution < 1.29 is 0 Å². The first-order valence-electron chi connectivity index (χ1n) is 6.04. The van der Waals surface area contributed by atoms with Crippen molar-refractivity contribution in [1.29, 1.82) is 0 Å². The Bertz CT molecular complexity index is 513. The van der Waals surface area contributed by atoms with Crippen LogP contribution in [0, 0.1) is 0 Å². The molecule has 0 bridgehead atoms. The van der Waals surface area contributed by atoms with E-state index in [9.17, 15) is 0 Å². The van der Waals surface area contributed by atoms with Gasteiger partial charge in [0.25, 0.3) is 0 Å². The fourth-order valence-electron chi connectivity index (χ4n) is 1.66. The van der Waals surface area contributed by atoms with Gasteiger partial charge in [-0.25, -0.2) is 0 Å². The number of hydrogen-bond donors (Lipinski definition) is 0. The zero-order valence-electron chi connectivity index (χ0n) is 10.6. The molecule has 0 saturated carbocycles. The maximum Gasteiger partial charge on any atom is 0.0825 e. The lowest BCUT2D eigenvalue weighted by atomic mass is 10.0. The van der Waals surface area contributed by atoms with Crippen LogP contribution in [0.15, 0.2) is 59.5 Å². The summed E-state index contributed by atoms with van der Waals surface area (Å²) in [6.45, 7) is 4.41. The van der Waals surface area contributed by atoms with Gasteiger partial charge in [0.05, 0.1) is 4.20 Å². The molecule has 2 heteroatoms. The van der Waals surface area contributed by atoms with Crippen molar-refractivity contribution in [2.24, 2.45) is 0 Å². The number of thioether (sulfide) groups is 1. The minimum atomic E-state index is 0.574. The lowest BCUT2D eigenvalue weighted by Gasteiger charge is -2.07. The van der Waals surface area contributed by atoms with Gasteiger partial charge in [-0.3, -0.25) is 0 Å². The molecule has 0 heterocycles. The molecule has 0 amide bonds. The standard InChI is InChI=1S/C16H16S2/c1-12(2)13-8-10-15(11-9-13)18-16(17)14-6-4-3-5-7-14/h3-12H,1-2H3. The van der Waals surface area contributed by atoms with E-state index in [2.05, 4.69) is 50.2 Å². The summed E-state index contributed by atoms with van der Waals surface area (Å²) in [4.78, 5) is 1.20. The zero-order valence-corrected chi connectivity index (χ0v) is 12.2. The fraction of sp³-hybridized carbons (Fsp3) is 0.188. The van der Waals surface area contributed by atoms with Crippen molar-refractivity contribution in [3.05, 3.63) is 65.7 Å². The second-order valence-electron chi connectivity index (χ2n) is 4.48. The van der Waals surface area contributed by atoms with Crippen molar-refractivity contribution in [2.45, 2.75) is 24.7 Å². The normalized spacial score (nSPS) is 10.6. The molecule has 0 fully saturated rings. The van der Waals surface area contributed by atoms with E-state index >= 15 is 0 Å². The molecule has 0 aliphatic heterocycles. The van der Waals surface area contributed by atoms with Crippen LogP contribution in [0.5, 0.6) is 0 Å². The van der Waals surface area contributed by atoms with Crippen molar-refractivity contribution in [1.82, 2.24) is 0 Å². The predicted octanol–water partition coefficient (Wildman–Crippen LogP) is 5.28. The second-order valence-corrected chi connectivity index (χ2v) is 6.23. The van der Waals surface area contributed by atoms with Crippen LogP contribution in [0.2, 0.25) is 0 Å². The lowest BCUT2D eigenvalue weighted by Crippen LogP contribution is -1.91. The second kappa shape index (κ2) is 6.17. The summed E-state index contributed by atoms with van der Waals surface area (Å²) in [6.07, 6.45) is 0. The summed E-state index contributed by atoms with van der Waals surface area (Å²) in [7, 11) is 0. The van der Waals surface area contributed by atoms with Crippen LogP contribution in [-0.4, -0.2) is 4.20 Å². The first-order valence-corrected chi connectivity index (χ1v) is 7.26. The van der Waals surface area contributed by atoms with Gasteiger partial charge in [0.2, 0.25) is 0 Å². The highest BCUT2D eigenvalue weighted by molar-refractivity contribution is 8.23. The molecule has 2 aromatic rings. The molecular formula is C16H16S2. The topological polar surface area (TPSA) is 0 Å². The van der Waals surface area contributed by atoms with Gasteiger partial charge in [-0.15, -0.1) is 0 Å². The molecule has 92 valence electrons. The third-order valence-electron chi connectivity index (χ3n) is 2.77. The molecule has 0 aliphatic carbocycles. The summed E-state index contributed by atoms with van der Waals surface area (Å²) in [5.74, 6) is 0.574. The summed E-state index contributed by atoms with van der Waals surface area (Å²) < 4.78 is 0.924. The van der Waals surface area contributed by atoms with E-state index in [1.807, 2.05) is 18.2 Å². The van der Waals surface area contributed by atoms with Crippen molar-refractivity contribution in [3.63, 3.8) is 0 Å². The van der Waals surface area contributed by atoms with Gasteiger partial charge < -0.3 is 0 Å². The summed E-state index contributed by atoms with van der Waals surface area (Å²) in [5.41, 5.74) is 2.48. The van der Waals surface area contributed by atoms with Crippen molar-refractivity contribution in [3.8, 4) is 0 Å². The Morgan fingerprint density at radius 1 is 0.944 bits per heavy atom. The van der Waals surface area contributed by atoms with Gasteiger partial charge in [-0.05, 0) is 29.2 Å². The lowest BCUT2D eigenvalue weighted by molar-refractivity contribution is 0.865. The first-order chi connectivity index (χ1) is 8.66. The van der Waals surface area contributed by atoms with Gasteiger partial charge >= 0.3 is 0 Å². The van der Waals surface area contributed by atoms with E-state index < -0.39 is 0 Å². The summed E-state index contributed by atoms with van der Waals surface area (Å²) in [6, 6.07) is 18.8. The largest absolute Gasteiger partial charge is 0.0825 e. The van der Waals surface area contributed by atoms with Crippen molar-refractivity contribution in [2.75, 3.05) is 0 Å². The molecule has 0 radical (unpaired) electrons. The minimum absolute atomic E-state index is 0.574. The molecule has 0 saturated heterocycles. The Balaban J connectivity index is 2.08. The van der Waals surface area contributed by atoms with Gasteiger partial charge in [-0.1, -0.05) is 80.3 Å². The zero-order chi connectivity index (χ0) is 13.0. The monoisotopic (exact) mass is 272 g/mol. The minimum Gasteiger partial charge on any atom is -0.0777 e. The molecule has 0 N–H and O–H groups in total. The van der Waals surface area contributed by atoms with E-state index in [1.54, 1.807) is 11.8 Å². The molecule has 0 nitrogen and oxygen atoms in total. The molecule has 0 aromatic heterocycles. The van der Waals surface area contributed by atoms with Crippen LogP contribution >= 0.6 is 24.0 Å². The molecule has 0 unspecified atom stereocenters. The molecule has 0 atom stereocenters. The Hall–Kier alpha value is -1.12. The number of thiocarbonyl (C=S) groups is 1. The summed E-state index contributed by atoms with van der Waals surface area (Å²) in [5, 5.41) is 0. The van der Waals surface area contributed by atoms with Crippen LogP contribution in [0.3, 0.4) is 0 Å². The van der Waals surface area contributed by atoms with Gasteiger partial charge in [0, 0.05) is 4.90 Å². The molecule has 0 aliphatic rings. The van der Waals surface area contributed by atoms with Crippen LogP contribution in [0.4, 0.5) is 0 Å². The molecular weight excluding hydrogens is 256 g/mol. The average Bonchev–Trinajstić information content (AvgIpc) is 2.40. The van der Waals surface area contributed by atoms with E-state index in [4.69, 9.17) is 12.2 Å². The molecule has 18 heavy (non-hydrogen) atoms. The quantitative estimate of drug-likeness (QED) is 0.551. The SMILES string of the molecule is CC(C)c1ccc(SC(=S)c2ccccc2)cc1. The number of rotatable bonds is 3. The van der Waals surface area contributed by atoms with Crippen LogP contribution in [0.25, 0.3) is 0 Å². The van der Waals surface area contributed by atoms with Crippen LogP contribution < -0.4 is 0 Å². The van der Waals surface area contributed by atoms with E-state index in [-0.39, 0.29) is 0 Å². The molecule has 2 aromatic carbocycles. The maximum atomic E-state index is 5.45. The first kappa shape index (κ1) is 13.3. The Morgan fingerprint density at radius 2 is 1.56 bits per heavy atom. The fourth-order valence-corrected chi connectivity index (χ4v) is 2.83. The van der Waals surface area contributed by atoms with E-state index in [0.717, 1.165) is 9.76 Å². The number of benzene rings is 2. The molecule has 0 spiro atoms. The summed E-state index contributed by atoms with van der Waals surface area (Å²) >= 11 is 7.10.